The quantitative estimate of drug-likeness (QED) is 0.331. The summed E-state index contributed by atoms with van der Waals surface area (Å²) in [5, 5.41) is 6.13. The van der Waals surface area contributed by atoms with E-state index in [1.165, 1.54) is 0 Å². The van der Waals surface area contributed by atoms with Crippen LogP contribution < -0.4 is 0 Å². The normalized spacial score (nSPS) is 10.8. The largest absolute Gasteiger partial charge is 0.291 e. The predicted molar refractivity (Wildman–Crippen MR) is 46.2 cm³/mol. The number of nitrogens with zero attached hydrogens (tertiary/aromatic N) is 2. The number of hydrogen-bond donors (Lipinski definition) is 0. The van der Waals surface area contributed by atoms with Crippen LogP contribution in [-0.2, 0) is 0 Å². The lowest BCUT2D eigenvalue weighted by Crippen LogP contribution is -2.25. The lowest BCUT2D eigenvalue weighted by Gasteiger charge is -2.20. The topological polar surface area (TPSA) is 15.6 Å². The first-order chi connectivity index (χ1) is 4.72. The molecule has 58 valence electrons. The maximum Gasteiger partial charge on any atom is 0.0541 e. The fraction of sp³-hybridized carbons (Fsp3) is 0.625. The highest BCUT2D eigenvalue weighted by molar-refractivity contribution is 5.52. The van der Waals surface area contributed by atoms with E-state index in [-0.39, 0.29) is 0 Å². The highest BCUT2D eigenvalue weighted by Crippen LogP contribution is 1.96. The van der Waals surface area contributed by atoms with E-state index in [4.69, 9.17) is 0 Å². The van der Waals surface area contributed by atoms with Crippen molar-refractivity contribution in [2.75, 3.05) is 6.54 Å². The van der Waals surface area contributed by atoms with E-state index in [1.807, 2.05) is 18.0 Å². The summed E-state index contributed by atoms with van der Waals surface area (Å²) in [4.78, 5) is 0. The first-order valence-electron chi connectivity index (χ1n) is 3.58. The highest BCUT2D eigenvalue weighted by Gasteiger charge is 2.00. The molecule has 0 fully saturated rings. The maximum atomic E-state index is 4.15. The molecule has 0 bridgehead atoms. The van der Waals surface area contributed by atoms with Crippen molar-refractivity contribution in [2.24, 2.45) is 5.10 Å². The Morgan fingerprint density at radius 3 is 2.50 bits per heavy atom. The summed E-state index contributed by atoms with van der Waals surface area (Å²) in [6.07, 6.45) is 3.65. The smallest absolute Gasteiger partial charge is 0.0541 e. The molecule has 0 N–H and O–H groups in total. The van der Waals surface area contributed by atoms with Gasteiger partial charge >= 0.3 is 0 Å². The minimum absolute atomic E-state index is 0.453. The average Bonchev–Trinajstić information content (AvgIpc) is 1.87. The molecule has 2 heteroatoms. The van der Waals surface area contributed by atoms with Crippen LogP contribution in [0.25, 0.3) is 0 Å². The van der Waals surface area contributed by atoms with Crippen molar-refractivity contribution in [3.63, 3.8) is 0 Å². The van der Waals surface area contributed by atoms with Crippen LogP contribution in [0.5, 0.6) is 0 Å². The van der Waals surface area contributed by atoms with Crippen LogP contribution in [0.1, 0.15) is 20.8 Å². The monoisotopic (exact) mass is 140 g/mol. The second kappa shape index (κ2) is 5.03. The summed E-state index contributed by atoms with van der Waals surface area (Å²) in [7, 11) is 0. The Hall–Kier alpha value is -0.790. The molecule has 0 heterocycles. The van der Waals surface area contributed by atoms with Gasteiger partial charge in [-0.1, -0.05) is 6.08 Å². The Labute approximate surface area is 63.2 Å². The fourth-order valence-electron chi connectivity index (χ4n) is 0.672. The molecule has 0 aromatic rings. The Balaban J connectivity index is 3.84. The third-order valence-electron chi connectivity index (χ3n) is 1.18. The van der Waals surface area contributed by atoms with Crippen molar-refractivity contribution in [1.82, 2.24) is 5.01 Å². The summed E-state index contributed by atoms with van der Waals surface area (Å²) in [6.45, 7) is 10.6. The fourth-order valence-corrected chi connectivity index (χ4v) is 0.672. The Morgan fingerprint density at radius 1 is 1.60 bits per heavy atom. The van der Waals surface area contributed by atoms with Gasteiger partial charge in [0.2, 0.25) is 0 Å². The highest BCUT2D eigenvalue weighted by atomic mass is 15.5. The van der Waals surface area contributed by atoms with Gasteiger partial charge in [0, 0.05) is 12.3 Å². The molecule has 0 aromatic carbocycles. The predicted octanol–water partition coefficient (Wildman–Crippen LogP) is 1.89. The van der Waals surface area contributed by atoms with E-state index in [0.717, 1.165) is 6.54 Å². The summed E-state index contributed by atoms with van der Waals surface area (Å²) >= 11 is 0. The molecule has 0 rings (SSSR count). The molecule has 0 radical (unpaired) electrons. The van der Waals surface area contributed by atoms with E-state index in [2.05, 4.69) is 25.5 Å². The number of hydrogen-bond acceptors (Lipinski definition) is 2. The van der Waals surface area contributed by atoms with Crippen LogP contribution in [0.2, 0.25) is 0 Å². The van der Waals surface area contributed by atoms with Gasteiger partial charge in [-0.15, -0.1) is 6.58 Å². The zero-order valence-electron chi connectivity index (χ0n) is 7.04. The molecular formula is C8H16N2. The SMILES string of the molecule is C=CCN(/N=C/C)C(C)C. The summed E-state index contributed by atoms with van der Waals surface area (Å²) < 4.78 is 0. The van der Waals surface area contributed by atoms with E-state index in [9.17, 15) is 0 Å². The zero-order chi connectivity index (χ0) is 7.98. The molecule has 10 heavy (non-hydrogen) atoms. The summed E-state index contributed by atoms with van der Waals surface area (Å²) in [6, 6.07) is 0.453. The second-order valence-corrected chi connectivity index (χ2v) is 2.38. The van der Waals surface area contributed by atoms with Gasteiger partial charge in [0.1, 0.15) is 0 Å². The van der Waals surface area contributed by atoms with Crippen LogP contribution in [0.4, 0.5) is 0 Å². The van der Waals surface area contributed by atoms with E-state index < -0.39 is 0 Å². The van der Waals surface area contributed by atoms with Crippen LogP contribution in [-0.4, -0.2) is 23.8 Å². The molecule has 0 spiro atoms. The van der Waals surface area contributed by atoms with E-state index >= 15 is 0 Å². The van der Waals surface area contributed by atoms with Crippen molar-refractivity contribution in [3.05, 3.63) is 12.7 Å². The third kappa shape index (κ3) is 3.28. The standard InChI is InChI=1S/C8H16N2/c1-5-7-10(8(3)4)9-6-2/h5-6,8H,1,7H2,2-4H3/b9-6+. The second-order valence-electron chi connectivity index (χ2n) is 2.38. The van der Waals surface area contributed by atoms with Gasteiger partial charge in [-0.3, -0.25) is 5.01 Å². The van der Waals surface area contributed by atoms with Crippen molar-refractivity contribution in [2.45, 2.75) is 26.8 Å². The van der Waals surface area contributed by atoms with Gasteiger partial charge in [0.15, 0.2) is 0 Å². The molecule has 0 saturated carbocycles. The van der Waals surface area contributed by atoms with Gasteiger partial charge in [-0.2, -0.15) is 5.10 Å². The van der Waals surface area contributed by atoms with Crippen molar-refractivity contribution in [1.29, 1.82) is 0 Å². The lowest BCUT2D eigenvalue weighted by molar-refractivity contribution is 0.260. The minimum atomic E-state index is 0.453. The van der Waals surface area contributed by atoms with Crippen LogP contribution >= 0.6 is 0 Å². The van der Waals surface area contributed by atoms with Crippen LogP contribution in [0, 0.1) is 0 Å². The van der Waals surface area contributed by atoms with Crippen molar-refractivity contribution in [3.8, 4) is 0 Å². The molecule has 0 aliphatic rings. The molecule has 0 atom stereocenters. The van der Waals surface area contributed by atoms with Crippen molar-refractivity contribution >= 4 is 6.21 Å². The molecule has 0 unspecified atom stereocenters. The molecule has 0 saturated heterocycles. The van der Waals surface area contributed by atoms with Crippen LogP contribution in [0.3, 0.4) is 0 Å². The first kappa shape index (κ1) is 9.21. The molecule has 0 aliphatic heterocycles. The van der Waals surface area contributed by atoms with E-state index in [0.29, 0.717) is 6.04 Å². The number of hydrazone groups is 1. The summed E-state index contributed by atoms with van der Waals surface area (Å²) in [5.41, 5.74) is 0. The Kier molecular flexibility index (Phi) is 4.63. The van der Waals surface area contributed by atoms with Gasteiger partial charge in [0.25, 0.3) is 0 Å². The minimum Gasteiger partial charge on any atom is -0.291 e. The molecule has 0 aliphatic carbocycles. The van der Waals surface area contributed by atoms with Crippen molar-refractivity contribution < 1.29 is 0 Å². The van der Waals surface area contributed by atoms with Gasteiger partial charge < -0.3 is 0 Å². The van der Waals surface area contributed by atoms with Gasteiger partial charge in [0.05, 0.1) is 6.54 Å². The third-order valence-corrected chi connectivity index (χ3v) is 1.18. The first-order valence-corrected chi connectivity index (χ1v) is 3.58. The number of rotatable bonds is 4. The Bertz CT molecular complexity index is 116. The lowest BCUT2D eigenvalue weighted by atomic mass is 10.4. The van der Waals surface area contributed by atoms with Gasteiger partial charge in [-0.05, 0) is 20.8 Å². The molecule has 2 nitrogen and oxygen atoms in total. The zero-order valence-corrected chi connectivity index (χ0v) is 7.04. The Morgan fingerprint density at radius 2 is 2.20 bits per heavy atom. The molecular weight excluding hydrogens is 124 g/mol. The molecule has 0 aromatic heterocycles. The van der Waals surface area contributed by atoms with E-state index in [1.54, 1.807) is 6.21 Å². The summed E-state index contributed by atoms with van der Waals surface area (Å²) in [5.74, 6) is 0. The van der Waals surface area contributed by atoms with Gasteiger partial charge in [-0.25, -0.2) is 0 Å². The molecule has 0 amide bonds. The average molecular weight is 140 g/mol. The maximum absolute atomic E-state index is 4.15. The van der Waals surface area contributed by atoms with Crippen LogP contribution in [0.15, 0.2) is 17.8 Å².